The molecule has 1 aromatic carbocycles. The average Bonchev–Trinajstić information content (AvgIpc) is 2.96. The van der Waals surface area contributed by atoms with E-state index in [1.165, 1.54) is 23.5 Å². The van der Waals surface area contributed by atoms with Gasteiger partial charge < -0.3 is 4.74 Å². The Morgan fingerprint density at radius 2 is 2.12 bits per heavy atom. The Hall–Kier alpha value is -2.20. The van der Waals surface area contributed by atoms with Gasteiger partial charge in [0.1, 0.15) is 5.75 Å². The van der Waals surface area contributed by atoms with Crippen LogP contribution in [0, 0.1) is 10.1 Å². The minimum absolute atomic E-state index is 0.245. The summed E-state index contributed by atoms with van der Waals surface area (Å²) in [7, 11) is -4.12. The maximum atomic E-state index is 12.6. The number of aryl methyl sites for hydroxylation is 2. The highest BCUT2D eigenvalue weighted by Crippen LogP contribution is 2.33. The summed E-state index contributed by atoms with van der Waals surface area (Å²) in [6.07, 6.45) is 3.81. The minimum atomic E-state index is -4.12. The predicted molar refractivity (Wildman–Crippen MR) is 93.8 cm³/mol. The number of anilines is 1. The topological polar surface area (TPSA) is 111 Å². The Morgan fingerprint density at radius 3 is 2.80 bits per heavy atom. The van der Waals surface area contributed by atoms with E-state index >= 15 is 0 Å². The summed E-state index contributed by atoms with van der Waals surface area (Å²) >= 11 is 1.29. The number of fused-ring (bicyclic) bond motifs is 1. The fourth-order valence-corrected chi connectivity index (χ4v) is 5.13. The van der Waals surface area contributed by atoms with Gasteiger partial charge in [-0.2, -0.15) is 0 Å². The fraction of sp³-hybridized carbons (Fsp3) is 0.400. The molecule has 1 aromatic heterocycles. The van der Waals surface area contributed by atoms with Crippen molar-refractivity contribution in [1.82, 2.24) is 4.98 Å². The molecule has 0 amide bonds. The van der Waals surface area contributed by atoms with Crippen molar-refractivity contribution in [1.29, 1.82) is 0 Å². The highest BCUT2D eigenvalue weighted by molar-refractivity contribution is 7.93. The first-order chi connectivity index (χ1) is 11.9. The van der Waals surface area contributed by atoms with Crippen molar-refractivity contribution in [2.24, 2.45) is 0 Å². The number of hydrogen-bond acceptors (Lipinski definition) is 7. The number of nitrogens with one attached hydrogen (secondary N) is 1. The number of nitro benzene ring substituents is 1. The highest BCUT2D eigenvalue weighted by Gasteiger charge is 2.28. The van der Waals surface area contributed by atoms with Crippen molar-refractivity contribution >= 4 is 32.2 Å². The molecule has 0 fully saturated rings. The van der Waals surface area contributed by atoms with E-state index in [1.54, 1.807) is 6.92 Å². The summed E-state index contributed by atoms with van der Waals surface area (Å²) < 4.78 is 32.8. The van der Waals surface area contributed by atoms with Crippen molar-refractivity contribution < 1.29 is 18.1 Å². The van der Waals surface area contributed by atoms with Crippen LogP contribution in [0.25, 0.3) is 0 Å². The third kappa shape index (κ3) is 3.74. The Balaban J connectivity index is 1.94. The number of benzene rings is 1. The van der Waals surface area contributed by atoms with E-state index in [2.05, 4.69) is 9.71 Å². The number of rotatable bonds is 6. The van der Waals surface area contributed by atoms with E-state index in [0.717, 1.165) is 42.3 Å². The maximum Gasteiger partial charge on any atom is 0.293 e. The van der Waals surface area contributed by atoms with Gasteiger partial charge in [-0.15, -0.1) is 11.3 Å². The van der Waals surface area contributed by atoms with Gasteiger partial charge in [-0.25, -0.2) is 13.4 Å². The lowest BCUT2D eigenvalue weighted by molar-refractivity contribution is -0.387. The molecule has 1 N–H and O–H groups in total. The van der Waals surface area contributed by atoms with Crippen LogP contribution in [0.15, 0.2) is 23.1 Å². The molecule has 0 spiro atoms. The van der Waals surface area contributed by atoms with E-state index < -0.39 is 25.5 Å². The molecule has 3 rings (SSSR count). The van der Waals surface area contributed by atoms with Gasteiger partial charge in [0.2, 0.25) is 0 Å². The normalized spacial score (nSPS) is 14.0. The van der Waals surface area contributed by atoms with Crippen LogP contribution in [0.5, 0.6) is 5.75 Å². The SMILES string of the molecule is CCOc1ccc(S(=O)(=O)Nc2nc3c(s2)CCCC3)c([N+](=O)[O-])c1. The monoisotopic (exact) mass is 383 g/mol. The largest absolute Gasteiger partial charge is 0.494 e. The fourth-order valence-electron chi connectivity index (χ4n) is 2.69. The zero-order chi connectivity index (χ0) is 18.0. The van der Waals surface area contributed by atoms with Crippen LogP contribution < -0.4 is 9.46 Å². The second-order valence-electron chi connectivity index (χ2n) is 5.52. The standard InChI is InChI=1S/C15H17N3O5S2/c1-2-23-10-7-8-14(12(9-10)18(19)20)25(21,22)17-15-16-11-5-3-4-6-13(11)24-15/h7-9H,2-6H2,1H3,(H,16,17). The summed E-state index contributed by atoms with van der Waals surface area (Å²) in [6.45, 7) is 2.06. The number of ether oxygens (including phenoxy) is 1. The van der Waals surface area contributed by atoms with Crippen molar-refractivity contribution in [2.75, 3.05) is 11.3 Å². The first-order valence-corrected chi connectivity index (χ1v) is 10.1. The molecule has 0 bridgehead atoms. The highest BCUT2D eigenvalue weighted by atomic mass is 32.2. The number of aromatic nitrogens is 1. The van der Waals surface area contributed by atoms with Crippen molar-refractivity contribution in [3.63, 3.8) is 0 Å². The van der Waals surface area contributed by atoms with E-state index in [0.29, 0.717) is 6.61 Å². The second-order valence-corrected chi connectivity index (χ2v) is 8.26. The van der Waals surface area contributed by atoms with Crippen LogP contribution in [0.3, 0.4) is 0 Å². The van der Waals surface area contributed by atoms with E-state index in [1.807, 2.05) is 0 Å². The van der Waals surface area contributed by atoms with Gasteiger partial charge in [-0.3, -0.25) is 14.8 Å². The number of nitrogens with zero attached hydrogens (tertiary/aromatic N) is 2. The summed E-state index contributed by atoms with van der Waals surface area (Å²) in [5.41, 5.74) is 0.384. The number of thiazole rings is 1. The molecular formula is C15H17N3O5S2. The number of nitro groups is 1. The molecule has 0 saturated heterocycles. The van der Waals surface area contributed by atoms with E-state index in [-0.39, 0.29) is 10.9 Å². The number of hydrogen-bond donors (Lipinski definition) is 1. The molecule has 25 heavy (non-hydrogen) atoms. The third-order valence-corrected chi connectivity index (χ3v) is 6.38. The molecule has 2 aromatic rings. The molecule has 0 aliphatic heterocycles. The quantitative estimate of drug-likeness (QED) is 0.606. The molecule has 1 heterocycles. The summed E-state index contributed by atoms with van der Waals surface area (Å²) in [4.78, 5) is 15.5. The number of sulfonamides is 1. The van der Waals surface area contributed by atoms with Gasteiger partial charge in [0.25, 0.3) is 15.7 Å². The molecule has 10 heteroatoms. The van der Waals surface area contributed by atoms with Crippen LogP contribution >= 0.6 is 11.3 Å². The van der Waals surface area contributed by atoms with Crippen LogP contribution in [0.1, 0.15) is 30.3 Å². The molecule has 0 unspecified atom stereocenters. The van der Waals surface area contributed by atoms with Gasteiger partial charge in [-0.05, 0) is 44.7 Å². The molecule has 134 valence electrons. The van der Waals surface area contributed by atoms with Gasteiger partial charge in [0, 0.05) is 4.88 Å². The molecule has 0 saturated carbocycles. The van der Waals surface area contributed by atoms with E-state index in [4.69, 9.17) is 4.74 Å². The first-order valence-electron chi connectivity index (χ1n) is 7.83. The molecule has 0 atom stereocenters. The summed E-state index contributed by atoms with van der Waals surface area (Å²) in [5, 5.41) is 11.5. The van der Waals surface area contributed by atoms with Crippen LogP contribution in [0.4, 0.5) is 10.8 Å². The predicted octanol–water partition coefficient (Wildman–Crippen LogP) is 3.13. The third-order valence-electron chi connectivity index (χ3n) is 3.79. The van der Waals surface area contributed by atoms with Gasteiger partial charge in [0.05, 0.1) is 23.3 Å². The lowest BCUT2D eigenvalue weighted by atomic mass is 10.0. The van der Waals surface area contributed by atoms with Crippen molar-refractivity contribution in [2.45, 2.75) is 37.5 Å². The van der Waals surface area contributed by atoms with Crippen LogP contribution in [-0.4, -0.2) is 24.9 Å². The average molecular weight is 383 g/mol. The zero-order valence-electron chi connectivity index (χ0n) is 13.5. The van der Waals surface area contributed by atoms with Gasteiger partial charge >= 0.3 is 0 Å². The van der Waals surface area contributed by atoms with E-state index in [9.17, 15) is 18.5 Å². The lowest BCUT2D eigenvalue weighted by Crippen LogP contribution is -2.15. The van der Waals surface area contributed by atoms with Crippen molar-refractivity contribution in [3.05, 3.63) is 38.9 Å². The Labute approximate surface area is 149 Å². The zero-order valence-corrected chi connectivity index (χ0v) is 15.2. The summed E-state index contributed by atoms with van der Waals surface area (Å²) in [6, 6.07) is 3.70. The maximum absolute atomic E-state index is 12.6. The van der Waals surface area contributed by atoms with Gasteiger partial charge in [-0.1, -0.05) is 0 Å². The minimum Gasteiger partial charge on any atom is -0.494 e. The Kier molecular flexibility index (Phi) is 4.91. The van der Waals surface area contributed by atoms with Gasteiger partial charge in [0.15, 0.2) is 10.0 Å². The van der Waals surface area contributed by atoms with Crippen LogP contribution in [-0.2, 0) is 22.9 Å². The molecule has 0 radical (unpaired) electrons. The lowest BCUT2D eigenvalue weighted by Gasteiger charge is -2.08. The van der Waals surface area contributed by atoms with Crippen molar-refractivity contribution in [3.8, 4) is 5.75 Å². The second kappa shape index (κ2) is 6.96. The first kappa shape index (κ1) is 17.6. The molecule has 1 aliphatic carbocycles. The summed E-state index contributed by atoms with van der Waals surface area (Å²) in [5.74, 6) is 0.248. The Morgan fingerprint density at radius 1 is 1.36 bits per heavy atom. The molecule has 1 aliphatic rings. The smallest absolute Gasteiger partial charge is 0.293 e. The Bertz CT molecular complexity index is 884. The molecular weight excluding hydrogens is 366 g/mol. The molecule has 8 nitrogen and oxygen atoms in total. The van der Waals surface area contributed by atoms with Crippen LogP contribution in [0.2, 0.25) is 0 Å².